The summed E-state index contributed by atoms with van der Waals surface area (Å²) < 4.78 is 4.69. The minimum atomic E-state index is 0.726. The Balaban J connectivity index is 1.59. The molecule has 150 valence electrons. The lowest BCUT2D eigenvalue weighted by Gasteiger charge is -2.15. The van der Waals surface area contributed by atoms with Crippen molar-refractivity contribution >= 4 is 21.5 Å². The first-order valence-corrected chi connectivity index (χ1v) is 10.6. The van der Waals surface area contributed by atoms with E-state index in [0.29, 0.717) is 0 Å². The van der Waals surface area contributed by atoms with Crippen LogP contribution in [-0.4, -0.2) is 26.3 Å². The van der Waals surface area contributed by atoms with Crippen LogP contribution in [0.3, 0.4) is 0 Å². The third-order valence-electron chi connectivity index (χ3n) is 6.08. The summed E-state index contributed by atoms with van der Waals surface area (Å²) in [5.41, 5.74) is 2.15. The molecule has 0 aliphatic carbocycles. The van der Waals surface area contributed by atoms with Crippen molar-refractivity contribution in [3.05, 3.63) is 95.9 Å². The van der Waals surface area contributed by atoms with Gasteiger partial charge in [0.1, 0.15) is 0 Å². The predicted molar refractivity (Wildman–Crippen MR) is 123 cm³/mol. The third-order valence-corrected chi connectivity index (χ3v) is 6.08. The van der Waals surface area contributed by atoms with Crippen molar-refractivity contribution in [3.63, 3.8) is 0 Å². The lowest BCUT2D eigenvalue weighted by atomic mass is 10.1. The van der Waals surface area contributed by atoms with Crippen LogP contribution in [0.4, 0.5) is 0 Å². The van der Waals surface area contributed by atoms with Crippen LogP contribution in [0, 0.1) is 6.92 Å². The zero-order valence-electron chi connectivity index (χ0n) is 17.4. The highest BCUT2D eigenvalue weighted by molar-refractivity contribution is 5.92. The Hall–Kier alpha value is -3.86. The molecule has 0 spiro atoms. The number of aryl methyl sites for hydroxylation is 1. The number of hydrogen-bond donors (Lipinski definition) is 0. The van der Waals surface area contributed by atoms with Crippen molar-refractivity contribution in [1.82, 2.24) is 24.3 Å². The highest BCUT2D eigenvalue weighted by Crippen LogP contribution is 2.21. The fourth-order valence-corrected chi connectivity index (χ4v) is 4.62. The van der Waals surface area contributed by atoms with Crippen molar-refractivity contribution in [1.29, 1.82) is 0 Å². The highest BCUT2D eigenvalue weighted by atomic mass is 15.3. The second-order valence-electron chi connectivity index (χ2n) is 8.12. The van der Waals surface area contributed by atoms with Crippen LogP contribution in [-0.2, 0) is 13.1 Å². The van der Waals surface area contributed by atoms with Gasteiger partial charge in [0, 0.05) is 18.0 Å². The molecular weight excluding hydrogens is 382 g/mol. The summed E-state index contributed by atoms with van der Waals surface area (Å²) in [6.07, 6.45) is 3.74. The van der Waals surface area contributed by atoms with Crippen LogP contribution in [0.2, 0.25) is 0 Å². The average molecular weight is 404 g/mol. The first-order chi connectivity index (χ1) is 15.3. The van der Waals surface area contributed by atoms with E-state index in [1.807, 2.05) is 12.4 Å². The SMILES string of the molecule is Cc1cncc(-c2nnc3n2CC[N+](=c2c4ccccc4ccc4ccccc24)C3)c1. The first kappa shape index (κ1) is 18.0. The number of rotatable bonds is 1. The van der Waals surface area contributed by atoms with E-state index in [0.717, 1.165) is 42.4 Å². The van der Waals surface area contributed by atoms with Crippen LogP contribution in [0.1, 0.15) is 11.4 Å². The summed E-state index contributed by atoms with van der Waals surface area (Å²) in [4.78, 5) is 4.34. The maximum Gasteiger partial charge on any atom is 0.216 e. The summed E-state index contributed by atoms with van der Waals surface area (Å²) in [5.74, 6) is 1.89. The molecular formula is C26H22N5+. The first-order valence-electron chi connectivity index (χ1n) is 10.6. The van der Waals surface area contributed by atoms with E-state index in [-0.39, 0.29) is 0 Å². The molecule has 0 radical (unpaired) electrons. The summed E-state index contributed by atoms with van der Waals surface area (Å²) in [5, 5.41) is 15.4. The minimum absolute atomic E-state index is 0.726. The van der Waals surface area contributed by atoms with Gasteiger partial charge in [0.25, 0.3) is 0 Å². The topological polar surface area (TPSA) is 46.6 Å². The molecule has 0 fully saturated rings. The van der Waals surface area contributed by atoms with Crippen LogP contribution in [0.25, 0.3) is 32.9 Å². The van der Waals surface area contributed by atoms with Crippen LogP contribution < -0.4 is 9.93 Å². The summed E-state index contributed by atoms with van der Waals surface area (Å²) in [6.45, 7) is 4.52. The van der Waals surface area contributed by atoms with Gasteiger partial charge in [-0.05, 0) is 41.5 Å². The van der Waals surface area contributed by atoms with Crippen LogP contribution in [0.5, 0.6) is 0 Å². The largest absolute Gasteiger partial charge is 0.299 e. The lowest BCUT2D eigenvalue weighted by Crippen LogP contribution is -2.38. The highest BCUT2D eigenvalue weighted by Gasteiger charge is 2.25. The van der Waals surface area contributed by atoms with Gasteiger partial charge in [-0.1, -0.05) is 48.5 Å². The van der Waals surface area contributed by atoms with Gasteiger partial charge >= 0.3 is 0 Å². The molecule has 0 bridgehead atoms. The lowest BCUT2D eigenvalue weighted by molar-refractivity contribution is 0.444. The Morgan fingerprint density at radius 1 is 0.839 bits per heavy atom. The average Bonchev–Trinajstić information content (AvgIpc) is 3.15. The zero-order chi connectivity index (χ0) is 20.8. The maximum absolute atomic E-state index is 4.56. The molecule has 0 N–H and O–H groups in total. The quantitative estimate of drug-likeness (QED) is 0.398. The minimum Gasteiger partial charge on any atom is -0.299 e. The van der Waals surface area contributed by atoms with E-state index in [2.05, 4.69) is 98.0 Å². The smallest absolute Gasteiger partial charge is 0.216 e. The Bertz CT molecular complexity index is 1470. The molecule has 0 saturated carbocycles. The summed E-state index contributed by atoms with van der Waals surface area (Å²) in [6, 6.07) is 23.8. The van der Waals surface area contributed by atoms with Gasteiger partial charge in [-0.15, -0.1) is 10.2 Å². The second-order valence-corrected chi connectivity index (χ2v) is 8.12. The van der Waals surface area contributed by atoms with Gasteiger partial charge in [0.05, 0.1) is 17.3 Å². The molecule has 31 heavy (non-hydrogen) atoms. The summed E-state index contributed by atoms with van der Waals surface area (Å²) in [7, 11) is 0. The van der Waals surface area contributed by atoms with Gasteiger partial charge in [0.15, 0.2) is 18.2 Å². The molecule has 0 unspecified atom stereocenters. The van der Waals surface area contributed by atoms with E-state index in [1.54, 1.807) is 0 Å². The molecule has 5 heteroatoms. The molecule has 1 aliphatic heterocycles. The number of hydrogen-bond acceptors (Lipinski definition) is 3. The van der Waals surface area contributed by atoms with Crippen molar-refractivity contribution < 1.29 is 0 Å². The zero-order valence-corrected chi connectivity index (χ0v) is 17.4. The fourth-order valence-electron chi connectivity index (χ4n) is 4.62. The Labute approximate surface area is 180 Å². The third kappa shape index (κ3) is 3.01. The molecule has 0 amide bonds. The number of benzene rings is 2. The van der Waals surface area contributed by atoms with Gasteiger partial charge in [-0.25, -0.2) is 4.58 Å². The molecule has 6 rings (SSSR count). The molecule has 5 aromatic rings. The monoisotopic (exact) mass is 404 g/mol. The van der Waals surface area contributed by atoms with Crippen molar-refractivity contribution in [2.75, 3.05) is 6.54 Å². The van der Waals surface area contributed by atoms with Gasteiger partial charge < -0.3 is 0 Å². The van der Waals surface area contributed by atoms with Gasteiger partial charge in [-0.3, -0.25) is 9.55 Å². The maximum atomic E-state index is 4.56. The van der Waals surface area contributed by atoms with Crippen molar-refractivity contribution in [2.45, 2.75) is 20.0 Å². The summed E-state index contributed by atoms with van der Waals surface area (Å²) >= 11 is 0. The van der Waals surface area contributed by atoms with Gasteiger partial charge in [0.2, 0.25) is 11.9 Å². The van der Waals surface area contributed by atoms with Crippen LogP contribution >= 0.6 is 0 Å². The van der Waals surface area contributed by atoms with E-state index >= 15 is 0 Å². The van der Waals surface area contributed by atoms with Crippen molar-refractivity contribution in [3.8, 4) is 11.4 Å². The Kier molecular flexibility index (Phi) is 4.13. The fraction of sp³-hybridized carbons (Fsp3) is 0.154. The van der Waals surface area contributed by atoms with E-state index in [4.69, 9.17) is 0 Å². The standard InChI is InChI=1S/C26H22N5/c1-18-14-21(16-27-15-18)26-29-28-24-17-30(12-13-31(24)26)25-22-8-4-2-6-19(22)10-11-20-7-3-5-9-23(20)25/h2-11,14-16H,12-13,17H2,1H3/q+1. The number of aromatic nitrogens is 4. The van der Waals surface area contributed by atoms with Gasteiger partial charge in [-0.2, -0.15) is 0 Å². The number of nitrogens with zero attached hydrogens (tertiary/aromatic N) is 5. The second kappa shape index (κ2) is 7.13. The normalized spacial score (nSPS) is 13.5. The molecule has 3 heterocycles. The Morgan fingerprint density at radius 3 is 2.26 bits per heavy atom. The van der Waals surface area contributed by atoms with E-state index in [1.165, 1.54) is 26.9 Å². The molecule has 0 saturated heterocycles. The van der Waals surface area contributed by atoms with Crippen LogP contribution in [0.15, 0.2) is 79.1 Å². The molecule has 0 atom stereocenters. The number of pyridine rings is 1. The number of fused-ring (bicyclic) bond motifs is 3. The Morgan fingerprint density at radius 2 is 1.55 bits per heavy atom. The predicted octanol–water partition coefficient (Wildman–Crippen LogP) is 3.94. The molecule has 5 nitrogen and oxygen atoms in total. The molecule has 3 aromatic carbocycles. The van der Waals surface area contributed by atoms with E-state index < -0.39 is 0 Å². The van der Waals surface area contributed by atoms with E-state index in [9.17, 15) is 0 Å². The van der Waals surface area contributed by atoms with Crippen molar-refractivity contribution in [2.24, 2.45) is 0 Å². The molecule has 1 aliphatic rings. The molecule has 2 aromatic heterocycles.